The molecule has 1 unspecified atom stereocenters. The topological polar surface area (TPSA) is 123 Å². The molecular weight excluding hydrogens is 410 g/mol. The van der Waals surface area contributed by atoms with E-state index in [1.165, 1.54) is 4.31 Å². The summed E-state index contributed by atoms with van der Waals surface area (Å²) in [6.45, 7) is 4.33. The fourth-order valence-electron chi connectivity index (χ4n) is 3.96. The van der Waals surface area contributed by atoms with Crippen LogP contribution < -0.4 is 9.47 Å². The van der Waals surface area contributed by atoms with E-state index in [1.54, 1.807) is 26.0 Å². The van der Waals surface area contributed by atoms with E-state index in [2.05, 4.69) is 20.4 Å². The predicted molar refractivity (Wildman–Crippen MR) is 105 cm³/mol. The number of H-pyrrole nitrogens is 1. The number of sulfonamides is 1. The summed E-state index contributed by atoms with van der Waals surface area (Å²) in [7, 11) is -3.65. The lowest BCUT2D eigenvalue weighted by atomic mass is 10.00. The molecule has 158 valence electrons. The van der Waals surface area contributed by atoms with Crippen LogP contribution in [0.3, 0.4) is 0 Å². The second-order valence-electron chi connectivity index (χ2n) is 7.48. The first-order valence-corrected chi connectivity index (χ1v) is 11.1. The molecule has 0 bridgehead atoms. The number of piperidine rings is 1. The van der Waals surface area contributed by atoms with Crippen molar-refractivity contribution < 1.29 is 22.3 Å². The van der Waals surface area contributed by atoms with E-state index in [1.807, 2.05) is 6.07 Å². The second-order valence-corrected chi connectivity index (χ2v) is 9.35. The van der Waals surface area contributed by atoms with Crippen molar-refractivity contribution in [1.29, 1.82) is 0 Å². The average Bonchev–Trinajstić information content (AvgIpc) is 3.47. The van der Waals surface area contributed by atoms with Crippen molar-refractivity contribution in [3.8, 4) is 23.0 Å². The molecule has 1 fully saturated rings. The summed E-state index contributed by atoms with van der Waals surface area (Å²) in [4.78, 5) is 0.245. The smallest absolute Gasteiger partial charge is 0.247 e. The van der Waals surface area contributed by atoms with Crippen LogP contribution in [0.15, 0.2) is 27.5 Å². The first-order valence-electron chi connectivity index (χ1n) is 9.68. The number of nitrogens with one attached hydrogen (secondary N) is 1. The summed E-state index contributed by atoms with van der Waals surface area (Å²) in [5, 5.41) is 15.1. The predicted octanol–water partition coefficient (Wildman–Crippen LogP) is 2.37. The third kappa shape index (κ3) is 3.14. The molecule has 4 heterocycles. The van der Waals surface area contributed by atoms with Crippen molar-refractivity contribution in [3.05, 3.63) is 35.5 Å². The molecule has 0 spiro atoms. The Labute approximate surface area is 173 Å². The van der Waals surface area contributed by atoms with E-state index >= 15 is 0 Å². The highest BCUT2D eigenvalue weighted by atomic mass is 32.2. The fourth-order valence-corrected chi connectivity index (χ4v) is 5.81. The standard InChI is InChI=1S/C19H21N5O5S/c1-11-17(12(2)21-20-11)30(25,26)24-7-3-4-14(9-24)19-23-22-18(29-19)13-5-6-15-16(8-13)28-10-27-15/h5-6,8,14H,3-4,7,9-10H2,1-2H3,(H,20,21). The van der Waals surface area contributed by atoms with Crippen LogP contribution in [0.1, 0.15) is 36.0 Å². The van der Waals surface area contributed by atoms with E-state index in [0.29, 0.717) is 47.6 Å². The summed E-state index contributed by atoms with van der Waals surface area (Å²) < 4.78 is 44.5. The molecule has 3 aromatic rings. The summed E-state index contributed by atoms with van der Waals surface area (Å²) in [6.07, 6.45) is 1.49. The van der Waals surface area contributed by atoms with E-state index in [9.17, 15) is 8.42 Å². The first kappa shape index (κ1) is 19.1. The lowest BCUT2D eigenvalue weighted by molar-refractivity contribution is 0.174. The van der Waals surface area contributed by atoms with Gasteiger partial charge in [-0.3, -0.25) is 5.10 Å². The van der Waals surface area contributed by atoms with Crippen LogP contribution in [0.25, 0.3) is 11.5 Å². The molecule has 0 radical (unpaired) electrons. The molecule has 11 heteroatoms. The zero-order chi connectivity index (χ0) is 20.9. The Morgan fingerprint density at radius 3 is 2.80 bits per heavy atom. The van der Waals surface area contributed by atoms with Crippen LogP contribution in [0.5, 0.6) is 11.5 Å². The molecular formula is C19H21N5O5S. The molecule has 1 aromatic carbocycles. The molecule has 2 aromatic heterocycles. The van der Waals surface area contributed by atoms with Crippen molar-refractivity contribution in [2.75, 3.05) is 19.9 Å². The van der Waals surface area contributed by atoms with Gasteiger partial charge in [-0.15, -0.1) is 10.2 Å². The summed E-state index contributed by atoms with van der Waals surface area (Å²) in [5.41, 5.74) is 1.73. The minimum Gasteiger partial charge on any atom is -0.454 e. The Morgan fingerprint density at radius 1 is 1.17 bits per heavy atom. The number of aryl methyl sites for hydroxylation is 2. The van der Waals surface area contributed by atoms with Crippen LogP contribution in [0.4, 0.5) is 0 Å². The van der Waals surface area contributed by atoms with Gasteiger partial charge < -0.3 is 13.9 Å². The van der Waals surface area contributed by atoms with Crippen LogP contribution in [-0.2, 0) is 10.0 Å². The van der Waals surface area contributed by atoms with Gasteiger partial charge in [-0.1, -0.05) is 0 Å². The molecule has 1 atom stereocenters. The number of fused-ring (bicyclic) bond motifs is 1. The van der Waals surface area contributed by atoms with Gasteiger partial charge in [0, 0.05) is 18.7 Å². The Kier molecular flexibility index (Phi) is 4.51. The van der Waals surface area contributed by atoms with Crippen LogP contribution >= 0.6 is 0 Å². The van der Waals surface area contributed by atoms with Gasteiger partial charge in [0.25, 0.3) is 0 Å². The van der Waals surface area contributed by atoms with Crippen molar-refractivity contribution >= 4 is 10.0 Å². The number of hydrogen-bond acceptors (Lipinski definition) is 8. The van der Waals surface area contributed by atoms with E-state index < -0.39 is 10.0 Å². The van der Waals surface area contributed by atoms with Gasteiger partial charge in [0.2, 0.25) is 28.6 Å². The zero-order valence-corrected chi connectivity index (χ0v) is 17.4. The Balaban J connectivity index is 1.38. The minimum absolute atomic E-state index is 0.170. The van der Waals surface area contributed by atoms with Crippen molar-refractivity contribution in [2.45, 2.75) is 37.5 Å². The van der Waals surface area contributed by atoms with Crippen LogP contribution in [0.2, 0.25) is 0 Å². The lowest BCUT2D eigenvalue weighted by Gasteiger charge is -2.30. The Bertz CT molecular complexity index is 1180. The highest BCUT2D eigenvalue weighted by molar-refractivity contribution is 7.89. The highest BCUT2D eigenvalue weighted by Gasteiger charge is 2.35. The zero-order valence-electron chi connectivity index (χ0n) is 16.6. The molecule has 0 aliphatic carbocycles. The Morgan fingerprint density at radius 2 is 2.00 bits per heavy atom. The largest absolute Gasteiger partial charge is 0.454 e. The van der Waals surface area contributed by atoms with Crippen molar-refractivity contribution in [3.63, 3.8) is 0 Å². The fraction of sp³-hybridized carbons (Fsp3) is 0.421. The normalized spacial score (nSPS) is 19.3. The van der Waals surface area contributed by atoms with Crippen molar-refractivity contribution in [2.24, 2.45) is 0 Å². The van der Waals surface area contributed by atoms with Gasteiger partial charge in [0.05, 0.1) is 17.3 Å². The summed E-state index contributed by atoms with van der Waals surface area (Å²) in [5.74, 6) is 1.94. The van der Waals surface area contributed by atoms with E-state index in [-0.39, 0.29) is 24.2 Å². The number of rotatable bonds is 4. The third-order valence-electron chi connectivity index (χ3n) is 5.45. The minimum atomic E-state index is -3.65. The molecule has 30 heavy (non-hydrogen) atoms. The van der Waals surface area contributed by atoms with Gasteiger partial charge in [-0.05, 0) is 44.9 Å². The molecule has 1 N–H and O–H groups in total. The van der Waals surface area contributed by atoms with Gasteiger partial charge in [0.15, 0.2) is 11.5 Å². The van der Waals surface area contributed by atoms with Crippen molar-refractivity contribution in [1.82, 2.24) is 24.7 Å². The Hall–Kier alpha value is -2.92. The third-order valence-corrected chi connectivity index (χ3v) is 7.58. The quantitative estimate of drug-likeness (QED) is 0.668. The van der Waals surface area contributed by atoms with Gasteiger partial charge >= 0.3 is 0 Å². The molecule has 0 amide bonds. The molecule has 1 saturated heterocycles. The molecule has 2 aliphatic rings. The van der Waals surface area contributed by atoms with E-state index in [0.717, 1.165) is 12.0 Å². The summed E-state index contributed by atoms with van der Waals surface area (Å²) >= 11 is 0. The number of hydrogen-bond donors (Lipinski definition) is 1. The van der Waals surface area contributed by atoms with Gasteiger partial charge in [0.1, 0.15) is 4.90 Å². The first-order chi connectivity index (χ1) is 14.4. The summed E-state index contributed by atoms with van der Waals surface area (Å²) in [6, 6.07) is 5.42. The number of aromatic amines is 1. The highest BCUT2D eigenvalue weighted by Crippen LogP contribution is 2.37. The molecule has 5 rings (SSSR count). The maximum atomic E-state index is 13.2. The number of nitrogens with zero attached hydrogens (tertiary/aromatic N) is 4. The van der Waals surface area contributed by atoms with Gasteiger partial charge in [-0.25, -0.2) is 8.42 Å². The maximum absolute atomic E-state index is 13.2. The molecule has 0 saturated carbocycles. The molecule has 10 nitrogen and oxygen atoms in total. The lowest BCUT2D eigenvalue weighted by Crippen LogP contribution is -2.39. The average molecular weight is 431 g/mol. The van der Waals surface area contributed by atoms with Gasteiger partial charge in [-0.2, -0.15) is 9.40 Å². The number of ether oxygens (including phenoxy) is 2. The maximum Gasteiger partial charge on any atom is 0.247 e. The monoisotopic (exact) mass is 431 g/mol. The van der Waals surface area contributed by atoms with Crippen LogP contribution in [-0.4, -0.2) is 53.0 Å². The number of aromatic nitrogens is 4. The second kappa shape index (κ2) is 7.10. The van der Waals surface area contributed by atoms with E-state index in [4.69, 9.17) is 13.9 Å². The van der Waals surface area contributed by atoms with Crippen LogP contribution in [0, 0.1) is 13.8 Å². The molecule has 2 aliphatic heterocycles. The SMILES string of the molecule is Cc1n[nH]c(C)c1S(=O)(=O)N1CCCC(c2nnc(-c3ccc4c(c3)OCO4)o2)C1. The number of benzene rings is 1.